The van der Waals surface area contributed by atoms with Gasteiger partial charge in [0.15, 0.2) is 0 Å². The molecule has 0 bridgehead atoms. The number of rotatable bonds is 6. The number of aliphatic imine (C=N–C) groups is 1. The quantitative estimate of drug-likeness (QED) is 0.760. The molecule has 0 amide bonds. The highest BCUT2D eigenvalue weighted by molar-refractivity contribution is 5.84. The maximum atomic E-state index is 9.92. The summed E-state index contributed by atoms with van der Waals surface area (Å²) < 4.78 is 0. The maximum Gasteiger partial charge on any atom is 0.126 e. The van der Waals surface area contributed by atoms with Crippen LogP contribution in [0.3, 0.4) is 0 Å². The van der Waals surface area contributed by atoms with Gasteiger partial charge in [0, 0.05) is 36.6 Å². The van der Waals surface area contributed by atoms with Crippen LogP contribution in [0.25, 0.3) is 0 Å². The summed E-state index contributed by atoms with van der Waals surface area (Å²) in [7, 11) is 0. The normalized spacial score (nSPS) is 12.9. The molecule has 0 heterocycles. The Kier molecular flexibility index (Phi) is 5.65. The molecule has 0 aliphatic rings. The van der Waals surface area contributed by atoms with E-state index in [1.54, 1.807) is 19.2 Å². The van der Waals surface area contributed by atoms with Crippen LogP contribution >= 0.6 is 0 Å². The zero-order chi connectivity index (χ0) is 13.5. The summed E-state index contributed by atoms with van der Waals surface area (Å²) in [6.45, 7) is 8.01. The van der Waals surface area contributed by atoms with Gasteiger partial charge >= 0.3 is 0 Å². The van der Waals surface area contributed by atoms with E-state index in [1.807, 2.05) is 12.1 Å². The highest BCUT2D eigenvalue weighted by Crippen LogP contribution is 2.23. The predicted octanol–water partition coefficient (Wildman–Crippen LogP) is 2.04. The van der Waals surface area contributed by atoms with E-state index < -0.39 is 6.10 Å². The van der Waals surface area contributed by atoms with Gasteiger partial charge in [-0.05, 0) is 32.9 Å². The van der Waals surface area contributed by atoms with Gasteiger partial charge in [0.1, 0.15) is 5.75 Å². The number of phenolic OH excluding ortho intramolecular Hbond substituents is 1. The number of phenols is 1. The minimum absolute atomic E-state index is 0.216. The third-order valence-electron chi connectivity index (χ3n) is 2.74. The average molecular weight is 250 g/mol. The van der Waals surface area contributed by atoms with Crippen molar-refractivity contribution in [3.05, 3.63) is 23.8 Å². The van der Waals surface area contributed by atoms with Crippen LogP contribution in [0.4, 0.5) is 5.69 Å². The molecule has 0 aliphatic heterocycles. The molecule has 0 aliphatic carbocycles. The van der Waals surface area contributed by atoms with E-state index in [9.17, 15) is 5.11 Å². The molecule has 1 rings (SSSR count). The summed E-state index contributed by atoms with van der Waals surface area (Å²) in [5.41, 5.74) is 1.68. The first-order valence-electron chi connectivity index (χ1n) is 6.34. The number of nitrogens with zero attached hydrogens (tertiary/aromatic N) is 2. The van der Waals surface area contributed by atoms with Gasteiger partial charge in [-0.25, -0.2) is 0 Å². The van der Waals surface area contributed by atoms with Crippen LogP contribution in [-0.4, -0.2) is 42.2 Å². The number of benzene rings is 1. The van der Waals surface area contributed by atoms with Crippen molar-refractivity contribution in [3.8, 4) is 5.75 Å². The van der Waals surface area contributed by atoms with Crippen LogP contribution in [0.15, 0.2) is 23.2 Å². The van der Waals surface area contributed by atoms with E-state index in [0.717, 1.165) is 18.8 Å². The molecule has 1 atom stereocenters. The SMILES string of the molecule is CCN(CC)c1ccc(C=NC[C@@H](C)O)c(O)c1. The number of aliphatic hydroxyl groups excluding tert-OH is 1. The van der Waals surface area contributed by atoms with Crippen LogP contribution in [0, 0.1) is 0 Å². The van der Waals surface area contributed by atoms with Crippen LogP contribution in [-0.2, 0) is 0 Å². The molecular weight excluding hydrogens is 228 g/mol. The average Bonchev–Trinajstić information content (AvgIpc) is 2.33. The van der Waals surface area contributed by atoms with Gasteiger partial charge in [-0.3, -0.25) is 4.99 Å². The van der Waals surface area contributed by atoms with Crippen molar-refractivity contribution in [2.75, 3.05) is 24.5 Å². The van der Waals surface area contributed by atoms with E-state index in [4.69, 9.17) is 5.11 Å². The zero-order valence-electron chi connectivity index (χ0n) is 11.3. The van der Waals surface area contributed by atoms with Crippen molar-refractivity contribution in [1.82, 2.24) is 0 Å². The molecule has 1 aromatic carbocycles. The summed E-state index contributed by atoms with van der Waals surface area (Å²) >= 11 is 0. The second-order valence-corrected chi connectivity index (χ2v) is 4.26. The fraction of sp³-hybridized carbons (Fsp3) is 0.500. The Hall–Kier alpha value is -1.55. The molecule has 0 fully saturated rings. The lowest BCUT2D eigenvalue weighted by Gasteiger charge is -2.21. The monoisotopic (exact) mass is 250 g/mol. The van der Waals surface area contributed by atoms with E-state index in [2.05, 4.69) is 23.7 Å². The lowest BCUT2D eigenvalue weighted by molar-refractivity contribution is 0.204. The Morgan fingerprint density at radius 2 is 2.00 bits per heavy atom. The van der Waals surface area contributed by atoms with Gasteiger partial charge in [0.25, 0.3) is 0 Å². The Labute approximate surface area is 109 Å². The smallest absolute Gasteiger partial charge is 0.126 e. The van der Waals surface area contributed by atoms with E-state index in [1.165, 1.54) is 0 Å². The Morgan fingerprint density at radius 1 is 1.33 bits per heavy atom. The molecule has 100 valence electrons. The largest absolute Gasteiger partial charge is 0.507 e. The Morgan fingerprint density at radius 3 is 2.50 bits per heavy atom. The fourth-order valence-corrected chi connectivity index (χ4v) is 1.73. The number of aliphatic hydroxyl groups is 1. The molecule has 0 saturated heterocycles. The van der Waals surface area contributed by atoms with E-state index in [0.29, 0.717) is 12.1 Å². The number of anilines is 1. The fourth-order valence-electron chi connectivity index (χ4n) is 1.73. The second kappa shape index (κ2) is 7.01. The number of hydrogen-bond acceptors (Lipinski definition) is 4. The minimum Gasteiger partial charge on any atom is -0.507 e. The van der Waals surface area contributed by atoms with Crippen LogP contribution in [0.2, 0.25) is 0 Å². The van der Waals surface area contributed by atoms with Crippen LogP contribution in [0.1, 0.15) is 26.3 Å². The summed E-state index contributed by atoms with van der Waals surface area (Å²) in [5, 5.41) is 19.0. The summed E-state index contributed by atoms with van der Waals surface area (Å²) in [5.74, 6) is 0.216. The molecule has 1 aromatic rings. The molecule has 0 unspecified atom stereocenters. The van der Waals surface area contributed by atoms with E-state index in [-0.39, 0.29) is 5.75 Å². The second-order valence-electron chi connectivity index (χ2n) is 4.26. The van der Waals surface area contributed by atoms with Gasteiger partial charge < -0.3 is 15.1 Å². The van der Waals surface area contributed by atoms with Crippen molar-refractivity contribution in [2.45, 2.75) is 26.9 Å². The number of hydrogen-bond donors (Lipinski definition) is 2. The number of aromatic hydroxyl groups is 1. The lowest BCUT2D eigenvalue weighted by Crippen LogP contribution is -2.21. The van der Waals surface area contributed by atoms with Gasteiger partial charge in [-0.15, -0.1) is 0 Å². The first-order chi connectivity index (χ1) is 8.58. The van der Waals surface area contributed by atoms with Crippen molar-refractivity contribution < 1.29 is 10.2 Å². The summed E-state index contributed by atoms with van der Waals surface area (Å²) in [6.07, 6.45) is 1.13. The maximum absolute atomic E-state index is 9.92. The van der Waals surface area contributed by atoms with Crippen molar-refractivity contribution >= 4 is 11.9 Å². The lowest BCUT2D eigenvalue weighted by atomic mass is 10.2. The van der Waals surface area contributed by atoms with Gasteiger partial charge in [-0.1, -0.05) is 0 Å². The van der Waals surface area contributed by atoms with Crippen molar-refractivity contribution in [3.63, 3.8) is 0 Å². The molecule has 18 heavy (non-hydrogen) atoms. The first-order valence-corrected chi connectivity index (χ1v) is 6.34. The molecule has 4 nitrogen and oxygen atoms in total. The van der Waals surface area contributed by atoms with Crippen molar-refractivity contribution in [2.24, 2.45) is 4.99 Å². The van der Waals surface area contributed by atoms with Crippen LogP contribution < -0.4 is 4.90 Å². The highest BCUT2D eigenvalue weighted by atomic mass is 16.3. The molecule has 0 saturated carbocycles. The van der Waals surface area contributed by atoms with E-state index >= 15 is 0 Å². The molecule has 0 aromatic heterocycles. The highest BCUT2D eigenvalue weighted by Gasteiger charge is 2.05. The standard InChI is InChI=1S/C14H22N2O2/c1-4-16(5-2)13-7-6-12(14(18)8-13)10-15-9-11(3)17/h6-8,10-11,17-18H,4-5,9H2,1-3H3/t11-/m1/s1. The predicted molar refractivity (Wildman–Crippen MR) is 75.8 cm³/mol. The summed E-state index contributed by atoms with van der Waals surface area (Å²) in [4.78, 5) is 6.23. The summed E-state index contributed by atoms with van der Waals surface area (Å²) in [6, 6.07) is 5.56. The van der Waals surface area contributed by atoms with Gasteiger partial charge in [0.05, 0.1) is 12.6 Å². The topological polar surface area (TPSA) is 56.1 Å². The zero-order valence-corrected chi connectivity index (χ0v) is 11.3. The third-order valence-corrected chi connectivity index (χ3v) is 2.74. The van der Waals surface area contributed by atoms with Crippen LogP contribution in [0.5, 0.6) is 5.75 Å². The van der Waals surface area contributed by atoms with Gasteiger partial charge in [0.2, 0.25) is 0 Å². The van der Waals surface area contributed by atoms with Gasteiger partial charge in [-0.2, -0.15) is 0 Å². The molecule has 4 heteroatoms. The molecule has 0 radical (unpaired) electrons. The molecular formula is C14H22N2O2. The third kappa shape index (κ3) is 4.04. The molecule has 2 N–H and O–H groups in total. The Bertz CT molecular complexity index is 399. The molecule has 0 spiro atoms. The van der Waals surface area contributed by atoms with Crippen molar-refractivity contribution in [1.29, 1.82) is 0 Å². The first kappa shape index (κ1) is 14.5. The minimum atomic E-state index is -0.460. The Balaban J connectivity index is 2.82.